The van der Waals surface area contributed by atoms with E-state index in [2.05, 4.69) is 19.2 Å². The van der Waals surface area contributed by atoms with Crippen LogP contribution in [0.5, 0.6) is 0 Å². The number of esters is 1. The molecule has 0 radical (unpaired) electrons. The maximum Gasteiger partial charge on any atom is 0.305 e. The molecule has 0 rings (SSSR count). The predicted molar refractivity (Wildman–Crippen MR) is 366 cm³/mol. The topological polar surface area (TPSA) is 95.9 Å². The number of nitrogens with one attached hydrogen (secondary N) is 1. The monoisotopic (exact) mass is 1170 g/mol. The molecular weight excluding hydrogens is 1020 g/mol. The fourth-order valence-corrected chi connectivity index (χ4v) is 12.5. The molecule has 0 aliphatic rings. The van der Waals surface area contributed by atoms with E-state index in [1.54, 1.807) is 6.08 Å². The molecule has 0 aliphatic carbocycles. The largest absolute Gasteiger partial charge is 0.466 e. The summed E-state index contributed by atoms with van der Waals surface area (Å²) in [6.45, 7) is 4.96. The second-order valence-electron chi connectivity index (χ2n) is 26.7. The van der Waals surface area contributed by atoms with Crippen LogP contribution in [0.4, 0.5) is 0 Å². The minimum atomic E-state index is -0.840. The van der Waals surface area contributed by atoms with Gasteiger partial charge in [0, 0.05) is 12.8 Å². The van der Waals surface area contributed by atoms with E-state index in [0.29, 0.717) is 19.4 Å². The van der Waals surface area contributed by atoms with Crippen LogP contribution < -0.4 is 5.32 Å². The number of carbonyl (C=O) groups excluding carboxylic acids is 2. The highest BCUT2D eigenvalue weighted by Crippen LogP contribution is 2.20. The van der Waals surface area contributed by atoms with Crippen LogP contribution >= 0.6 is 0 Å². The van der Waals surface area contributed by atoms with Gasteiger partial charge in [-0.15, -0.1) is 0 Å². The molecule has 0 heterocycles. The summed E-state index contributed by atoms with van der Waals surface area (Å²) in [7, 11) is 0. The predicted octanol–water partition coefficient (Wildman–Crippen LogP) is 25.1. The Hall–Kier alpha value is -1.40. The van der Waals surface area contributed by atoms with E-state index in [1.165, 1.54) is 379 Å². The summed E-state index contributed by atoms with van der Waals surface area (Å²) < 4.78 is 5.52. The van der Waals surface area contributed by atoms with Crippen LogP contribution in [0.3, 0.4) is 0 Å². The van der Waals surface area contributed by atoms with Crippen LogP contribution in [-0.2, 0) is 14.3 Å². The minimum absolute atomic E-state index is 0.0265. The van der Waals surface area contributed by atoms with E-state index in [0.717, 1.165) is 38.5 Å². The summed E-state index contributed by atoms with van der Waals surface area (Å²) in [5, 5.41) is 23.2. The standard InChI is InChI=1S/C77H151NO5/c1-3-5-7-9-11-13-15-17-19-38-43-47-51-55-59-63-67-71-77(82)83-72-68-64-60-56-52-48-44-40-37-35-33-31-29-27-25-23-21-22-24-26-28-30-32-34-36-39-42-46-50-54-58-62-66-70-76(81)78-74(73-79)75(80)69-65-61-57-53-49-45-41-20-18-16-14-12-10-8-6-4-2/h65,69,74-75,79-80H,3-64,66-68,70-73H2,1-2H3,(H,78,81)/b69-65+. The van der Waals surface area contributed by atoms with Gasteiger partial charge in [-0.05, 0) is 32.1 Å². The fraction of sp³-hybridized carbons (Fsp3) is 0.948. The van der Waals surface area contributed by atoms with Gasteiger partial charge in [-0.1, -0.05) is 411 Å². The first-order valence-corrected chi connectivity index (χ1v) is 38.5. The molecule has 83 heavy (non-hydrogen) atoms. The molecule has 1 amide bonds. The van der Waals surface area contributed by atoms with Crippen LogP contribution in [0, 0.1) is 0 Å². The fourth-order valence-electron chi connectivity index (χ4n) is 12.5. The highest BCUT2D eigenvalue weighted by atomic mass is 16.5. The molecule has 3 N–H and O–H groups in total. The lowest BCUT2D eigenvalue weighted by atomic mass is 10.0. The number of ether oxygens (including phenoxy) is 1. The van der Waals surface area contributed by atoms with Gasteiger partial charge in [-0.2, -0.15) is 0 Å². The van der Waals surface area contributed by atoms with Crippen molar-refractivity contribution < 1.29 is 24.5 Å². The Labute approximate surface area is 520 Å². The average molecular weight is 1170 g/mol. The Morgan fingerprint density at radius 3 is 0.819 bits per heavy atom. The molecule has 0 saturated carbocycles. The third-order valence-electron chi connectivity index (χ3n) is 18.3. The number of unbranched alkanes of at least 4 members (excludes halogenated alkanes) is 62. The third-order valence-corrected chi connectivity index (χ3v) is 18.3. The van der Waals surface area contributed by atoms with Crippen LogP contribution in [0.2, 0.25) is 0 Å². The maximum absolute atomic E-state index is 12.5. The Kier molecular flexibility index (Phi) is 71.8. The van der Waals surface area contributed by atoms with Crippen molar-refractivity contribution in [3.8, 4) is 0 Å². The summed E-state index contributed by atoms with van der Waals surface area (Å²) in [6, 6.07) is -0.623. The van der Waals surface area contributed by atoms with Crippen LogP contribution in [0.15, 0.2) is 12.2 Å². The smallest absolute Gasteiger partial charge is 0.305 e. The van der Waals surface area contributed by atoms with Crippen molar-refractivity contribution in [2.24, 2.45) is 0 Å². The number of hydrogen-bond acceptors (Lipinski definition) is 5. The van der Waals surface area contributed by atoms with Crippen molar-refractivity contribution in [1.29, 1.82) is 0 Å². The second-order valence-corrected chi connectivity index (χ2v) is 26.7. The lowest BCUT2D eigenvalue weighted by Crippen LogP contribution is -2.45. The summed E-state index contributed by atoms with van der Waals surface area (Å²) in [5.74, 6) is -0.0329. The Bertz CT molecular complexity index is 1260. The Morgan fingerprint density at radius 2 is 0.554 bits per heavy atom. The van der Waals surface area contributed by atoms with E-state index in [9.17, 15) is 19.8 Å². The van der Waals surface area contributed by atoms with Crippen LogP contribution in [0.1, 0.15) is 444 Å². The Morgan fingerprint density at radius 1 is 0.325 bits per heavy atom. The molecule has 6 heteroatoms. The summed E-state index contributed by atoms with van der Waals surface area (Å²) in [6.07, 6.45) is 91.9. The lowest BCUT2D eigenvalue weighted by molar-refractivity contribution is -0.143. The number of aliphatic hydroxyl groups excluding tert-OH is 2. The molecule has 2 atom stereocenters. The summed E-state index contributed by atoms with van der Waals surface area (Å²) in [5.41, 5.74) is 0. The zero-order chi connectivity index (χ0) is 59.9. The minimum Gasteiger partial charge on any atom is -0.466 e. The number of amides is 1. The van der Waals surface area contributed by atoms with Crippen molar-refractivity contribution in [2.45, 2.75) is 456 Å². The molecule has 6 nitrogen and oxygen atoms in total. The van der Waals surface area contributed by atoms with Gasteiger partial charge in [0.2, 0.25) is 5.91 Å². The van der Waals surface area contributed by atoms with E-state index in [4.69, 9.17) is 4.74 Å². The number of hydrogen-bond donors (Lipinski definition) is 3. The molecule has 0 bridgehead atoms. The van der Waals surface area contributed by atoms with Crippen molar-refractivity contribution in [2.75, 3.05) is 13.2 Å². The van der Waals surface area contributed by atoms with Crippen molar-refractivity contribution >= 4 is 11.9 Å². The van der Waals surface area contributed by atoms with Gasteiger partial charge in [0.1, 0.15) is 0 Å². The first-order chi connectivity index (χ1) is 41.0. The van der Waals surface area contributed by atoms with Crippen molar-refractivity contribution in [1.82, 2.24) is 5.32 Å². The third kappa shape index (κ3) is 69.6. The number of rotatable bonds is 73. The van der Waals surface area contributed by atoms with E-state index >= 15 is 0 Å². The number of aliphatic hydroxyl groups is 2. The second kappa shape index (κ2) is 73.1. The summed E-state index contributed by atoms with van der Waals surface area (Å²) in [4.78, 5) is 24.6. The number of allylic oxidation sites excluding steroid dienone is 1. The van der Waals surface area contributed by atoms with Crippen molar-refractivity contribution in [3.05, 3.63) is 12.2 Å². The first-order valence-electron chi connectivity index (χ1n) is 38.5. The van der Waals surface area contributed by atoms with E-state index in [-0.39, 0.29) is 18.5 Å². The van der Waals surface area contributed by atoms with Crippen molar-refractivity contribution in [3.63, 3.8) is 0 Å². The molecule has 0 spiro atoms. The molecule has 0 aromatic rings. The summed E-state index contributed by atoms with van der Waals surface area (Å²) >= 11 is 0. The molecular formula is C77H151NO5. The highest BCUT2D eigenvalue weighted by Gasteiger charge is 2.18. The molecule has 0 aromatic heterocycles. The quantitative estimate of drug-likeness (QED) is 0.0320. The molecule has 0 fully saturated rings. The SMILES string of the molecule is CCCCCCCCCCCCCCCC/C=C/C(O)C(CO)NC(=O)CCCCCCCCCCCCCCCCCCCCCCCCCCCCCCCCCCCOC(=O)CCCCCCCCCCCCCCCCCCC. The van der Waals surface area contributed by atoms with Crippen LogP contribution in [0.25, 0.3) is 0 Å². The zero-order valence-corrected chi connectivity index (χ0v) is 56.7. The van der Waals surface area contributed by atoms with Crippen LogP contribution in [-0.4, -0.2) is 47.4 Å². The zero-order valence-electron chi connectivity index (χ0n) is 56.7. The van der Waals surface area contributed by atoms with E-state index < -0.39 is 12.1 Å². The molecule has 0 saturated heterocycles. The van der Waals surface area contributed by atoms with Gasteiger partial charge < -0.3 is 20.3 Å². The lowest BCUT2D eigenvalue weighted by Gasteiger charge is -2.20. The highest BCUT2D eigenvalue weighted by molar-refractivity contribution is 5.76. The first kappa shape index (κ1) is 81.6. The van der Waals surface area contributed by atoms with Gasteiger partial charge in [0.25, 0.3) is 0 Å². The maximum atomic E-state index is 12.5. The van der Waals surface area contributed by atoms with Gasteiger partial charge >= 0.3 is 5.97 Å². The van der Waals surface area contributed by atoms with Gasteiger partial charge in [0.05, 0.1) is 25.4 Å². The van der Waals surface area contributed by atoms with Gasteiger partial charge in [-0.25, -0.2) is 0 Å². The van der Waals surface area contributed by atoms with E-state index in [1.807, 2.05) is 6.08 Å². The molecule has 0 aromatic carbocycles. The van der Waals surface area contributed by atoms with Gasteiger partial charge in [0.15, 0.2) is 0 Å². The number of carbonyl (C=O) groups is 2. The Balaban J connectivity index is 3.31. The van der Waals surface area contributed by atoms with Gasteiger partial charge in [-0.3, -0.25) is 9.59 Å². The molecule has 0 aliphatic heterocycles. The normalized spacial score (nSPS) is 12.5. The molecule has 2 unspecified atom stereocenters. The average Bonchev–Trinajstić information content (AvgIpc) is 3.49. The molecule has 494 valence electrons.